The predicted octanol–water partition coefficient (Wildman–Crippen LogP) is 3.66. The number of carbonyl (C=O) groups is 1. The molecule has 0 saturated heterocycles. The summed E-state index contributed by atoms with van der Waals surface area (Å²) in [7, 11) is 1.36. The minimum atomic E-state index is -1.18. The van der Waals surface area contributed by atoms with Crippen molar-refractivity contribution in [3.63, 3.8) is 0 Å². The summed E-state index contributed by atoms with van der Waals surface area (Å²) in [6.07, 6.45) is 0. The number of carboxylic acid groups (broad SMARTS) is 1. The van der Waals surface area contributed by atoms with Gasteiger partial charge in [0, 0.05) is 24.4 Å². The average Bonchev–Trinajstić information content (AvgIpc) is 3.43. The van der Waals surface area contributed by atoms with Crippen LogP contribution in [0.5, 0.6) is 0 Å². The zero-order valence-corrected chi connectivity index (χ0v) is 18.0. The van der Waals surface area contributed by atoms with E-state index in [9.17, 15) is 19.5 Å². The lowest BCUT2D eigenvalue weighted by Crippen LogP contribution is -2.44. The molecule has 4 rings (SSSR count). The molecule has 0 aliphatic carbocycles. The normalized spacial score (nSPS) is 12.6. The molecule has 0 fully saturated rings. The number of benzene rings is 2. The molecular formula is C21H18FN5O5S. The summed E-state index contributed by atoms with van der Waals surface area (Å²) in [5.74, 6) is -1.63. The van der Waals surface area contributed by atoms with Gasteiger partial charge in [-0.25, -0.2) is 14.2 Å². The fourth-order valence-electron chi connectivity index (χ4n) is 2.98. The number of thiazole rings is 1. The number of aliphatic carboxylic acids is 1. The summed E-state index contributed by atoms with van der Waals surface area (Å²) in [6, 6.07) is 12.0. The van der Waals surface area contributed by atoms with Crippen LogP contribution in [0.3, 0.4) is 0 Å². The van der Waals surface area contributed by atoms with Gasteiger partial charge in [-0.05, 0) is 30.3 Å². The van der Waals surface area contributed by atoms with Crippen LogP contribution in [0.15, 0.2) is 58.2 Å². The van der Waals surface area contributed by atoms with E-state index < -0.39 is 12.0 Å². The van der Waals surface area contributed by atoms with Crippen molar-refractivity contribution in [2.45, 2.75) is 6.04 Å². The molecule has 1 atom stereocenters. The van der Waals surface area contributed by atoms with Crippen LogP contribution >= 0.6 is 11.3 Å². The Morgan fingerprint density at radius 2 is 2.06 bits per heavy atom. The highest BCUT2D eigenvalue weighted by Gasteiger charge is 2.22. The van der Waals surface area contributed by atoms with E-state index >= 15 is 0 Å². The van der Waals surface area contributed by atoms with Crippen molar-refractivity contribution in [1.29, 1.82) is 0 Å². The number of ether oxygens (including phenoxy) is 1. The summed E-state index contributed by atoms with van der Waals surface area (Å²) < 4.78 is 24.2. The molecule has 0 amide bonds. The molecule has 0 aliphatic heterocycles. The zero-order chi connectivity index (χ0) is 23.4. The van der Waals surface area contributed by atoms with Gasteiger partial charge in [-0.1, -0.05) is 33.8 Å². The molecule has 0 radical (unpaired) electrons. The molecule has 1 unspecified atom stereocenters. The second-order valence-corrected chi connectivity index (χ2v) is 7.88. The van der Waals surface area contributed by atoms with Gasteiger partial charge in [-0.15, -0.1) is 0 Å². The van der Waals surface area contributed by atoms with Crippen molar-refractivity contribution in [2.75, 3.05) is 19.0 Å². The smallest absolute Gasteiger partial charge is 0.328 e. The Morgan fingerprint density at radius 3 is 2.76 bits per heavy atom. The van der Waals surface area contributed by atoms with Crippen LogP contribution in [0.1, 0.15) is 5.76 Å². The number of hydrogen-bond acceptors (Lipinski definition) is 9. The minimum absolute atomic E-state index is 0.0544. The number of nitrogens with one attached hydrogen (secondary N) is 2. The van der Waals surface area contributed by atoms with Crippen LogP contribution in [-0.4, -0.2) is 52.0 Å². The first-order chi connectivity index (χ1) is 16.0. The SMILES string of the molecule is COCC(N/C(=N\O)c1cc(-c2ccc(Nc3nc4ccc(F)cc4s3)cc2)no1)C(=O)O. The van der Waals surface area contributed by atoms with Gasteiger partial charge in [0.2, 0.25) is 11.6 Å². The maximum Gasteiger partial charge on any atom is 0.328 e. The number of hydrogen-bond donors (Lipinski definition) is 4. The molecule has 170 valence electrons. The highest BCUT2D eigenvalue weighted by Crippen LogP contribution is 2.29. The van der Waals surface area contributed by atoms with Crippen LogP contribution in [0.2, 0.25) is 0 Å². The number of oxime groups is 1. The fraction of sp³-hybridized carbons (Fsp3) is 0.143. The van der Waals surface area contributed by atoms with Gasteiger partial charge >= 0.3 is 5.97 Å². The first kappa shape index (κ1) is 22.2. The Bertz CT molecular complexity index is 1300. The van der Waals surface area contributed by atoms with Crippen LogP contribution in [0, 0.1) is 5.82 Å². The number of carboxylic acids is 1. The van der Waals surface area contributed by atoms with E-state index in [0.29, 0.717) is 21.9 Å². The highest BCUT2D eigenvalue weighted by atomic mass is 32.1. The molecule has 2 aromatic heterocycles. The first-order valence-electron chi connectivity index (χ1n) is 9.58. The summed E-state index contributed by atoms with van der Waals surface area (Å²) in [4.78, 5) is 15.7. The second kappa shape index (κ2) is 9.63. The van der Waals surface area contributed by atoms with E-state index in [1.54, 1.807) is 18.2 Å². The molecule has 12 heteroatoms. The van der Waals surface area contributed by atoms with E-state index in [1.807, 2.05) is 12.1 Å². The number of rotatable bonds is 8. The van der Waals surface area contributed by atoms with Crippen LogP contribution in [0.25, 0.3) is 21.5 Å². The van der Waals surface area contributed by atoms with Gasteiger partial charge in [0.25, 0.3) is 0 Å². The van der Waals surface area contributed by atoms with Gasteiger partial charge in [0.15, 0.2) is 5.13 Å². The molecule has 33 heavy (non-hydrogen) atoms. The molecule has 10 nitrogen and oxygen atoms in total. The van der Waals surface area contributed by atoms with Crippen molar-refractivity contribution in [2.24, 2.45) is 5.16 Å². The number of fused-ring (bicyclic) bond motifs is 1. The quantitative estimate of drug-likeness (QED) is 0.131. The standard InChI is InChI=1S/C21H18FN5O5S/c1-31-10-16(20(28)29)24-19(26-30)17-9-15(27-32-17)11-2-5-13(6-3-11)23-21-25-14-7-4-12(22)8-18(14)33-21/h2-9,16,30H,10H2,1H3,(H,23,25)(H,24,26)(H,28,29). The average molecular weight is 471 g/mol. The zero-order valence-electron chi connectivity index (χ0n) is 17.2. The molecule has 0 spiro atoms. The van der Waals surface area contributed by atoms with E-state index in [0.717, 1.165) is 10.4 Å². The third-order valence-electron chi connectivity index (χ3n) is 4.57. The third kappa shape index (κ3) is 5.07. The lowest BCUT2D eigenvalue weighted by molar-refractivity contribution is -0.140. The largest absolute Gasteiger partial charge is 0.480 e. The Balaban J connectivity index is 1.47. The van der Waals surface area contributed by atoms with Gasteiger partial charge in [0.1, 0.15) is 17.6 Å². The maximum atomic E-state index is 13.4. The maximum absolute atomic E-state index is 13.4. The van der Waals surface area contributed by atoms with Crippen molar-refractivity contribution >= 4 is 44.2 Å². The topological polar surface area (TPSA) is 142 Å². The predicted molar refractivity (Wildman–Crippen MR) is 120 cm³/mol. The van der Waals surface area contributed by atoms with Gasteiger partial charge < -0.3 is 30.2 Å². The summed E-state index contributed by atoms with van der Waals surface area (Å²) >= 11 is 1.34. The van der Waals surface area contributed by atoms with Crippen molar-refractivity contribution < 1.29 is 28.8 Å². The molecule has 0 saturated carbocycles. The number of anilines is 2. The summed E-state index contributed by atoms with van der Waals surface area (Å²) in [6.45, 7) is -0.145. The number of amidine groups is 1. The Labute approximate surface area is 190 Å². The van der Waals surface area contributed by atoms with Crippen LogP contribution in [-0.2, 0) is 9.53 Å². The van der Waals surface area contributed by atoms with E-state index in [4.69, 9.17) is 9.26 Å². The summed E-state index contributed by atoms with van der Waals surface area (Å²) in [5, 5.41) is 31.9. The molecule has 4 N–H and O–H groups in total. The van der Waals surface area contributed by atoms with E-state index in [2.05, 4.69) is 25.9 Å². The molecule has 0 aliphatic rings. The third-order valence-corrected chi connectivity index (χ3v) is 5.50. The lowest BCUT2D eigenvalue weighted by Gasteiger charge is -2.13. The number of methoxy groups -OCH3 is 1. The van der Waals surface area contributed by atoms with Crippen molar-refractivity contribution in [3.8, 4) is 11.3 Å². The van der Waals surface area contributed by atoms with E-state index in [-0.39, 0.29) is 24.0 Å². The Hall–Kier alpha value is -4.03. The summed E-state index contributed by atoms with van der Waals surface area (Å²) in [5.41, 5.74) is 2.64. The Morgan fingerprint density at radius 1 is 1.27 bits per heavy atom. The molecule has 0 bridgehead atoms. The van der Waals surface area contributed by atoms with Crippen LogP contribution < -0.4 is 10.6 Å². The second-order valence-electron chi connectivity index (χ2n) is 6.85. The van der Waals surface area contributed by atoms with Crippen molar-refractivity contribution in [1.82, 2.24) is 15.5 Å². The molecule has 4 aromatic rings. The lowest BCUT2D eigenvalue weighted by atomic mass is 10.1. The fourth-order valence-corrected chi connectivity index (χ4v) is 3.89. The number of aromatic nitrogens is 2. The number of nitrogens with zero attached hydrogens (tertiary/aromatic N) is 3. The molecule has 2 heterocycles. The van der Waals surface area contributed by atoms with Crippen LogP contribution in [0.4, 0.5) is 15.2 Å². The van der Waals surface area contributed by atoms with Crippen molar-refractivity contribution in [3.05, 3.63) is 60.1 Å². The van der Waals surface area contributed by atoms with E-state index in [1.165, 1.54) is 36.6 Å². The highest BCUT2D eigenvalue weighted by molar-refractivity contribution is 7.22. The van der Waals surface area contributed by atoms with Gasteiger partial charge in [-0.2, -0.15) is 0 Å². The van der Waals surface area contributed by atoms with Gasteiger partial charge in [-0.3, -0.25) is 0 Å². The number of halogens is 1. The first-order valence-corrected chi connectivity index (χ1v) is 10.4. The molecule has 2 aromatic carbocycles. The monoisotopic (exact) mass is 471 g/mol. The minimum Gasteiger partial charge on any atom is -0.480 e. The van der Waals surface area contributed by atoms with Gasteiger partial charge in [0.05, 0.1) is 16.8 Å². The molecular weight excluding hydrogens is 453 g/mol. The Kier molecular flexibility index (Phi) is 6.47.